The van der Waals surface area contributed by atoms with Crippen molar-refractivity contribution < 1.29 is 13.7 Å². The first kappa shape index (κ1) is 8.22. The molecule has 5 nitrogen and oxygen atoms in total. The Morgan fingerprint density at radius 1 is 1.47 bits per heavy atom. The molecular formula is C9H5FN2O3. The number of aromatic nitrogens is 2. The molecule has 0 spiro atoms. The Morgan fingerprint density at radius 3 is 3.20 bits per heavy atom. The van der Waals surface area contributed by atoms with E-state index < -0.39 is 11.6 Å². The van der Waals surface area contributed by atoms with Gasteiger partial charge in [0.1, 0.15) is 11.6 Å². The predicted octanol–water partition coefficient (Wildman–Crippen LogP) is 0.857. The molecular weight excluding hydrogens is 203 g/mol. The van der Waals surface area contributed by atoms with Gasteiger partial charge < -0.3 is 4.74 Å². The summed E-state index contributed by atoms with van der Waals surface area (Å²) in [5.74, 6) is -0.324. The maximum absolute atomic E-state index is 12.9. The minimum absolute atomic E-state index is 0.0994. The lowest BCUT2D eigenvalue weighted by molar-refractivity contribution is 0.272. The lowest BCUT2D eigenvalue weighted by atomic mass is 10.2. The first-order valence-electron chi connectivity index (χ1n) is 4.26. The van der Waals surface area contributed by atoms with Crippen molar-refractivity contribution in [2.45, 2.75) is 6.61 Å². The van der Waals surface area contributed by atoms with E-state index in [1.165, 1.54) is 22.8 Å². The maximum atomic E-state index is 12.9. The third-order valence-corrected chi connectivity index (χ3v) is 2.19. The molecule has 0 atom stereocenters. The van der Waals surface area contributed by atoms with Gasteiger partial charge in [0.05, 0.1) is 5.69 Å². The average Bonchev–Trinajstić information content (AvgIpc) is 2.60. The van der Waals surface area contributed by atoms with Crippen molar-refractivity contribution >= 4 is 0 Å². The quantitative estimate of drug-likeness (QED) is 0.644. The van der Waals surface area contributed by atoms with E-state index in [1.807, 2.05) is 0 Å². The number of rotatable bonds is 0. The van der Waals surface area contributed by atoms with Gasteiger partial charge in [0.15, 0.2) is 12.4 Å². The number of hydrogen-bond donors (Lipinski definition) is 0. The monoisotopic (exact) mass is 208 g/mol. The predicted molar refractivity (Wildman–Crippen MR) is 46.4 cm³/mol. The van der Waals surface area contributed by atoms with Gasteiger partial charge in [0.25, 0.3) is 0 Å². The Morgan fingerprint density at radius 2 is 2.33 bits per heavy atom. The molecule has 3 rings (SSSR count). The second kappa shape index (κ2) is 2.69. The van der Waals surface area contributed by atoms with Crippen LogP contribution in [-0.4, -0.2) is 9.72 Å². The van der Waals surface area contributed by atoms with Crippen molar-refractivity contribution in [2.75, 3.05) is 0 Å². The van der Waals surface area contributed by atoms with Gasteiger partial charge in [-0.1, -0.05) is 5.16 Å². The van der Waals surface area contributed by atoms with Crippen LogP contribution >= 0.6 is 0 Å². The summed E-state index contributed by atoms with van der Waals surface area (Å²) in [6.45, 7) is 0.0994. The highest BCUT2D eigenvalue weighted by Gasteiger charge is 2.22. The molecule has 0 aliphatic carbocycles. The van der Waals surface area contributed by atoms with Gasteiger partial charge in [0.2, 0.25) is 0 Å². The zero-order valence-corrected chi connectivity index (χ0v) is 7.44. The molecule has 2 aromatic rings. The normalized spacial score (nSPS) is 12.9. The van der Waals surface area contributed by atoms with Crippen LogP contribution in [0, 0.1) is 5.82 Å². The summed E-state index contributed by atoms with van der Waals surface area (Å²) in [7, 11) is 0. The summed E-state index contributed by atoms with van der Waals surface area (Å²) in [4.78, 5) is 11.3. The van der Waals surface area contributed by atoms with Gasteiger partial charge in [-0.15, -0.1) is 0 Å². The first-order valence-corrected chi connectivity index (χ1v) is 4.26. The minimum atomic E-state index is -0.596. The van der Waals surface area contributed by atoms with Crippen molar-refractivity contribution in [3.05, 3.63) is 40.4 Å². The number of fused-ring (bicyclic) bond motifs is 3. The summed E-state index contributed by atoms with van der Waals surface area (Å²) in [5.41, 5.74) is 0.448. The number of hydrogen-bond acceptors (Lipinski definition) is 4. The topological polar surface area (TPSA) is 57.3 Å². The van der Waals surface area contributed by atoms with E-state index in [-0.39, 0.29) is 6.61 Å². The van der Waals surface area contributed by atoms with Crippen LogP contribution in [0.25, 0.3) is 5.69 Å². The zero-order chi connectivity index (χ0) is 10.4. The summed E-state index contributed by atoms with van der Waals surface area (Å²) < 4.78 is 23.9. The fraction of sp³-hybridized carbons (Fsp3) is 0.111. The Hall–Kier alpha value is -2.11. The second-order valence-electron chi connectivity index (χ2n) is 3.10. The van der Waals surface area contributed by atoms with Crippen LogP contribution in [-0.2, 0) is 6.61 Å². The smallest absolute Gasteiger partial charge is 0.446 e. The van der Waals surface area contributed by atoms with Crippen LogP contribution in [0.5, 0.6) is 5.75 Å². The highest BCUT2D eigenvalue weighted by Crippen LogP contribution is 2.28. The van der Waals surface area contributed by atoms with E-state index in [1.54, 1.807) is 0 Å². The molecule has 0 unspecified atom stereocenters. The number of nitrogens with zero attached hydrogens (tertiary/aromatic N) is 2. The average molecular weight is 208 g/mol. The van der Waals surface area contributed by atoms with Crippen molar-refractivity contribution in [3.63, 3.8) is 0 Å². The van der Waals surface area contributed by atoms with E-state index in [0.29, 0.717) is 17.3 Å². The van der Waals surface area contributed by atoms with Gasteiger partial charge in [-0.2, -0.15) is 0 Å². The minimum Gasteiger partial charge on any atom is -0.483 e. The van der Waals surface area contributed by atoms with Crippen LogP contribution in [0.3, 0.4) is 0 Å². The van der Waals surface area contributed by atoms with Gasteiger partial charge >= 0.3 is 5.76 Å². The van der Waals surface area contributed by atoms with E-state index in [0.717, 1.165) is 0 Å². The van der Waals surface area contributed by atoms with Gasteiger partial charge in [-0.3, -0.25) is 4.52 Å². The molecule has 0 saturated carbocycles. The van der Waals surface area contributed by atoms with Crippen LogP contribution in [0.15, 0.2) is 27.5 Å². The molecule has 1 aromatic heterocycles. The standard InChI is InChI=1S/C9H5FN2O3/c10-5-1-2-6-7(3-5)14-4-8-11-15-9(13)12(6)8/h1-3H,4H2. The molecule has 0 amide bonds. The van der Waals surface area contributed by atoms with Gasteiger partial charge in [-0.25, -0.2) is 13.8 Å². The van der Waals surface area contributed by atoms with Crippen molar-refractivity contribution in [3.8, 4) is 11.4 Å². The van der Waals surface area contributed by atoms with E-state index in [4.69, 9.17) is 4.74 Å². The SMILES string of the molecule is O=c1onc2n1-c1ccc(F)cc1OC2. The molecule has 2 heterocycles. The molecule has 0 radical (unpaired) electrons. The van der Waals surface area contributed by atoms with E-state index in [9.17, 15) is 9.18 Å². The Bertz CT molecular complexity index is 587. The third kappa shape index (κ3) is 1.08. The van der Waals surface area contributed by atoms with Gasteiger partial charge in [0, 0.05) is 6.07 Å². The molecule has 1 aliphatic rings. The maximum Gasteiger partial charge on any atom is 0.446 e. The summed E-state index contributed by atoms with van der Waals surface area (Å²) in [6.07, 6.45) is 0. The third-order valence-electron chi connectivity index (χ3n) is 2.19. The van der Waals surface area contributed by atoms with Crippen LogP contribution in [0.1, 0.15) is 5.82 Å². The summed E-state index contributed by atoms with van der Waals surface area (Å²) in [5, 5.41) is 3.53. The number of halogens is 1. The molecule has 0 bridgehead atoms. The molecule has 6 heteroatoms. The lowest BCUT2D eigenvalue weighted by Gasteiger charge is -2.16. The summed E-state index contributed by atoms with van der Waals surface area (Å²) in [6, 6.07) is 3.92. The Balaban J connectivity index is 2.33. The number of benzene rings is 1. The lowest BCUT2D eigenvalue weighted by Crippen LogP contribution is -2.21. The van der Waals surface area contributed by atoms with Gasteiger partial charge in [-0.05, 0) is 12.1 Å². The highest BCUT2D eigenvalue weighted by molar-refractivity contribution is 5.48. The van der Waals surface area contributed by atoms with Crippen LogP contribution in [0.2, 0.25) is 0 Å². The van der Waals surface area contributed by atoms with Crippen LogP contribution in [0.4, 0.5) is 4.39 Å². The molecule has 15 heavy (non-hydrogen) atoms. The fourth-order valence-electron chi connectivity index (χ4n) is 1.54. The molecule has 76 valence electrons. The molecule has 0 saturated heterocycles. The Kier molecular flexibility index (Phi) is 1.47. The van der Waals surface area contributed by atoms with E-state index in [2.05, 4.69) is 9.68 Å². The first-order chi connectivity index (χ1) is 7.25. The highest BCUT2D eigenvalue weighted by atomic mass is 19.1. The largest absolute Gasteiger partial charge is 0.483 e. The molecule has 1 aromatic carbocycles. The van der Waals surface area contributed by atoms with Crippen molar-refractivity contribution in [1.29, 1.82) is 0 Å². The molecule has 0 N–H and O–H groups in total. The van der Waals surface area contributed by atoms with Crippen molar-refractivity contribution in [2.24, 2.45) is 0 Å². The van der Waals surface area contributed by atoms with Crippen LogP contribution < -0.4 is 10.5 Å². The molecule has 1 aliphatic heterocycles. The fourth-order valence-corrected chi connectivity index (χ4v) is 1.54. The van der Waals surface area contributed by atoms with Crippen molar-refractivity contribution in [1.82, 2.24) is 9.72 Å². The van der Waals surface area contributed by atoms with E-state index >= 15 is 0 Å². The summed E-state index contributed by atoms with van der Waals surface area (Å²) >= 11 is 0. The number of ether oxygens (including phenoxy) is 1. The second-order valence-corrected chi connectivity index (χ2v) is 3.10. The Labute approximate surface area is 82.7 Å². The molecule has 0 fully saturated rings. The zero-order valence-electron chi connectivity index (χ0n) is 7.44.